The molecule has 0 aliphatic rings. The zero-order valence-electron chi connectivity index (χ0n) is 8.63. The Bertz CT molecular complexity index is 301. The van der Waals surface area contributed by atoms with Gasteiger partial charge in [-0.25, -0.2) is 4.98 Å². The number of aromatic nitrogens is 1. The molecule has 0 atom stereocenters. The average Bonchev–Trinajstić information content (AvgIpc) is 2.14. The van der Waals surface area contributed by atoms with E-state index in [9.17, 15) is 0 Å². The molecule has 0 aliphatic heterocycles. The molecule has 14 heavy (non-hydrogen) atoms. The maximum absolute atomic E-state index is 5.86. The Morgan fingerprint density at radius 3 is 2.86 bits per heavy atom. The number of unbranched alkanes of at least 4 members (excludes halogenated alkanes) is 1. The third-order valence-electron chi connectivity index (χ3n) is 2.07. The third-order valence-corrected chi connectivity index (χ3v) is 2.50. The van der Waals surface area contributed by atoms with Gasteiger partial charge in [0.25, 0.3) is 0 Å². The minimum absolute atomic E-state index is 0.720. The van der Waals surface area contributed by atoms with Crippen LogP contribution in [0.1, 0.15) is 19.8 Å². The number of nitrogens with zero attached hydrogens (tertiary/aromatic N) is 2. The van der Waals surface area contributed by atoms with Gasteiger partial charge in [0.2, 0.25) is 0 Å². The van der Waals surface area contributed by atoms with E-state index in [1.807, 2.05) is 13.1 Å². The first-order valence-electron chi connectivity index (χ1n) is 4.77. The van der Waals surface area contributed by atoms with Gasteiger partial charge >= 0.3 is 0 Å². The number of hydrogen-bond donors (Lipinski definition) is 1. The van der Waals surface area contributed by atoms with E-state index in [0.29, 0.717) is 0 Å². The van der Waals surface area contributed by atoms with Gasteiger partial charge in [-0.15, -0.1) is 0 Å². The molecular weight excluding hydrogens is 242 g/mol. The summed E-state index contributed by atoms with van der Waals surface area (Å²) in [5.41, 5.74) is 6.58. The zero-order chi connectivity index (χ0) is 10.6. The fraction of sp³-hybridized carbons (Fsp3) is 0.500. The summed E-state index contributed by atoms with van der Waals surface area (Å²) < 4.78 is 0.919. The number of hydrogen-bond acceptors (Lipinski definition) is 3. The number of anilines is 2. The molecule has 1 aromatic heterocycles. The van der Waals surface area contributed by atoms with E-state index in [1.165, 1.54) is 6.42 Å². The van der Waals surface area contributed by atoms with Crippen LogP contribution in [0.4, 0.5) is 11.5 Å². The molecule has 0 bridgehead atoms. The van der Waals surface area contributed by atoms with E-state index < -0.39 is 0 Å². The molecule has 0 unspecified atom stereocenters. The number of pyridine rings is 1. The fourth-order valence-electron chi connectivity index (χ4n) is 1.27. The Labute approximate surface area is 93.4 Å². The van der Waals surface area contributed by atoms with Crippen LogP contribution in [0, 0.1) is 0 Å². The Morgan fingerprint density at radius 2 is 2.29 bits per heavy atom. The van der Waals surface area contributed by atoms with Gasteiger partial charge in [0, 0.05) is 24.3 Å². The monoisotopic (exact) mass is 257 g/mol. The maximum Gasteiger partial charge on any atom is 0.151 e. The number of nitrogen functional groups attached to an aromatic ring is 1. The minimum Gasteiger partial charge on any atom is -0.396 e. The summed E-state index contributed by atoms with van der Waals surface area (Å²) in [6, 6.07) is 1.88. The summed E-state index contributed by atoms with van der Waals surface area (Å²) in [6.07, 6.45) is 4.11. The van der Waals surface area contributed by atoms with Crippen LogP contribution >= 0.6 is 15.9 Å². The molecule has 1 aromatic rings. The molecule has 2 N–H and O–H groups in total. The molecule has 0 aromatic carbocycles. The molecule has 78 valence electrons. The lowest BCUT2D eigenvalue weighted by Crippen LogP contribution is -2.20. The van der Waals surface area contributed by atoms with Crippen molar-refractivity contribution in [2.24, 2.45) is 0 Å². The van der Waals surface area contributed by atoms with Crippen molar-refractivity contribution in [2.45, 2.75) is 19.8 Å². The molecule has 1 rings (SSSR count). The molecule has 0 saturated carbocycles. The van der Waals surface area contributed by atoms with Gasteiger partial charge < -0.3 is 10.6 Å². The summed E-state index contributed by atoms with van der Waals surface area (Å²) in [4.78, 5) is 6.37. The van der Waals surface area contributed by atoms with Gasteiger partial charge in [0.1, 0.15) is 0 Å². The highest BCUT2D eigenvalue weighted by molar-refractivity contribution is 9.10. The largest absolute Gasteiger partial charge is 0.396 e. The van der Waals surface area contributed by atoms with Crippen LogP contribution in [0.15, 0.2) is 16.7 Å². The number of rotatable bonds is 4. The van der Waals surface area contributed by atoms with Crippen molar-refractivity contribution in [3.05, 3.63) is 16.7 Å². The van der Waals surface area contributed by atoms with Crippen molar-refractivity contribution < 1.29 is 0 Å². The van der Waals surface area contributed by atoms with Crippen molar-refractivity contribution in [2.75, 3.05) is 24.2 Å². The number of halogens is 1. The second-order valence-electron chi connectivity index (χ2n) is 3.34. The van der Waals surface area contributed by atoms with Gasteiger partial charge in [-0.05, 0) is 28.4 Å². The Balaban J connectivity index is 2.74. The van der Waals surface area contributed by atoms with Crippen LogP contribution < -0.4 is 10.6 Å². The Morgan fingerprint density at radius 1 is 1.57 bits per heavy atom. The second-order valence-corrected chi connectivity index (χ2v) is 4.26. The van der Waals surface area contributed by atoms with Crippen molar-refractivity contribution in [3.63, 3.8) is 0 Å². The van der Waals surface area contributed by atoms with E-state index >= 15 is 0 Å². The fourth-order valence-corrected chi connectivity index (χ4v) is 1.62. The van der Waals surface area contributed by atoms with Crippen molar-refractivity contribution in [1.29, 1.82) is 0 Å². The normalized spacial score (nSPS) is 10.2. The highest BCUT2D eigenvalue weighted by Crippen LogP contribution is 2.22. The lowest BCUT2D eigenvalue weighted by molar-refractivity contribution is 0.760. The van der Waals surface area contributed by atoms with Crippen molar-refractivity contribution >= 4 is 27.4 Å². The average molecular weight is 258 g/mol. The second kappa shape index (κ2) is 5.20. The quantitative estimate of drug-likeness (QED) is 0.902. The van der Waals surface area contributed by atoms with Crippen LogP contribution in [0.2, 0.25) is 0 Å². The van der Waals surface area contributed by atoms with E-state index in [2.05, 4.69) is 32.7 Å². The van der Waals surface area contributed by atoms with Crippen molar-refractivity contribution in [1.82, 2.24) is 4.98 Å². The van der Waals surface area contributed by atoms with Gasteiger partial charge in [-0.3, -0.25) is 0 Å². The summed E-state index contributed by atoms with van der Waals surface area (Å²) in [5.74, 6) is 0.863. The first-order valence-corrected chi connectivity index (χ1v) is 5.56. The van der Waals surface area contributed by atoms with Crippen molar-refractivity contribution in [3.8, 4) is 0 Å². The van der Waals surface area contributed by atoms with Crippen LogP contribution in [0.25, 0.3) is 0 Å². The molecule has 3 nitrogen and oxygen atoms in total. The summed E-state index contributed by atoms with van der Waals surface area (Å²) in [6.45, 7) is 3.17. The van der Waals surface area contributed by atoms with Crippen LogP contribution in [0.3, 0.4) is 0 Å². The standard InChI is InChI=1S/C10H16BrN3/c1-3-4-5-14(2)10-9(12)6-8(11)7-13-10/h6-7H,3-5,12H2,1-2H3. The maximum atomic E-state index is 5.86. The van der Waals surface area contributed by atoms with E-state index in [1.54, 1.807) is 6.20 Å². The molecule has 0 spiro atoms. The van der Waals surface area contributed by atoms with Gasteiger partial charge in [-0.2, -0.15) is 0 Å². The molecule has 4 heteroatoms. The van der Waals surface area contributed by atoms with E-state index in [-0.39, 0.29) is 0 Å². The topological polar surface area (TPSA) is 42.2 Å². The van der Waals surface area contributed by atoms with Gasteiger partial charge in [-0.1, -0.05) is 13.3 Å². The molecule has 0 fully saturated rings. The first-order chi connectivity index (χ1) is 6.65. The molecule has 1 heterocycles. The highest BCUT2D eigenvalue weighted by Gasteiger charge is 2.06. The lowest BCUT2D eigenvalue weighted by Gasteiger charge is -2.19. The summed E-state index contributed by atoms with van der Waals surface area (Å²) in [7, 11) is 2.02. The van der Waals surface area contributed by atoms with Crippen LogP contribution in [-0.4, -0.2) is 18.6 Å². The summed E-state index contributed by atoms with van der Waals surface area (Å²) in [5, 5.41) is 0. The highest BCUT2D eigenvalue weighted by atomic mass is 79.9. The minimum atomic E-state index is 0.720. The summed E-state index contributed by atoms with van der Waals surface area (Å²) >= 11 is 3.34. The van der Waals surface area contributed by atoms with Crippen LogP contribution in [0.5, 0.6) is 0 Å². The predicted molar refractivity (Wildman–Crippen MR) is 64.5 cm³/mol. The molecule has 0 amide bonds. The number of nitrogens with two attached hydrogens (primary N) is 1. The van der Waals surface area contributed by atoms with Gasteiger partial charge in [0.05, 0.1) is 5.69 Å². The first kappa shape index (κ1) is 11.3. The predicted octanol–water partition coefficient (Wildman–Crippen LogP) is 2.66. The smallest absolute Gasteiger partial charge is 0.151 e. The molecule has 0 saturated heterocycles. The molecular formula is C10H16BrN3. The van der Waals surface area contributed by atoms with Crippen LogP contribution in [-0.2, 0) is 0 Å². The lowest BCUT2D eigenvalue weighted by atomic mass is 10.3. The zero-order valence-corrected chi connectivity index (χ0v) is 10.2. The molecule has 0 aliphatic carbocycles. The van der Waals surface area contributed by atoms with Gasteiger partial charge in [0.15, 0.2) is 5.82 Å². The van der Waals surface area contributed by atoms with E-state index in [4.69, 9.17) is 5.73 Å². The third kappa shape index (κ3) is 2.87. The Hall–Kier alpha value is -0.770. The van der Waals surface area contributed by atoms with E-state index in [0.717, 1.165) is 28.9 Å². The SMILES string of the molecule is CCCCN(C)c1ncc(Br)cc1N. The Kier molecular flexibility index (Phi) is 4.20. The molecule has 0 radical (unpaired) electrons.